The van der Waals surface area contributed by atoms with E-state index in [1.807, 2.05) is 0 Å². The van der Waals surface area contributed by atoms with Gasteiger partial charge in [0.25, 0.3) is 0 Å². The van der Waals surface area contributed by atoms with Crippen LogP contribution in [0, 0.1) is 5.41 Å². The minimum Gasteiger partial charge on any atom is -0.468 e. The number of esters is 1. The van der Waals surface area contributed by atoms with E-state index in [0.717, 1.165) is 7.11 Å². The van der Waals surface area contributed by atoms with Gasteiger partial charge in [0, 0.05) is 35.3 Å². The second-order valence-electron chi connectivity index (χ2n) is 8.38. The number of carbonyl (C=O) groups is 4. The number of methoxy groups -OCH3 is 1. The van der Waals surface area contributed by atoms with Crippen LogP contribution in [0.1, 0.15) is 32.7 Å². The van der Waals surface area contributed by atoms with Crippen LogP contribution in [0.2, 0.25) is 0 Å². The van der Waals surface area contributed by atoms with Crippen molar-refractivity contribution in [2.75, 3.05) is 26.0 Å². The van der Waals surface area contributed by atoms with Crippen LogP contribution in [-0.4, -0.2) is 59.8 Å². The molecule has 2 aliphatic heterocycles. The van der Waals surface area contributed by atoms with Crippen LogP contribution in [0.3, 0.4) is 0 Å². The quantitative estimate of drug-likeness (QED) is 0.553. The number of Topliss-reactive ketones (excluding diaryl/α,β-unsaturated/α-hetero) is 2. The van der Waals surface area contributed by atoms with Crippen molar-refractivity contribution in [1.29, 1.82) is 0 Å². The molecule has 2 unspecified atom stereocenters. The summed E-state index contributed by atoms with van der Waals surface area (Å²) >= 11 is 0. The van der Waals surface area contributed by atoms with Crippen molar-refractivity contribution in [2.24, 2.45) is 5.41 Å². The van der Waals surface area contributed by atoms with Crippen LogP contribution in [-0.2, 0) is 19.9 Å². The highest BCUT2D eigenvalue weighted by Crippen LogP contribution is 2.58. The van der Waals surface area contributed by atoms with E-state index in [-0.39, 0.29) is 30.0 Å². The van der Waals surface area contributed by atoms with Gasteiger partial charge in [-0.25, -0.2) is 0 Å². The molecule has 2 heterocycles. The number of likely N-dealkylation sites (N-methyl/N-ethyl adjacent to an activating group) is 1. The van der Waals surface area contributed by atoms with Crippen molar-refractivity contribution in [2.45, 2.75) is 17.6 Å². The third kappa shape index (κ3) is 2.06. The van der Waals surface area contributed by atoms with Gasteiger partial charge in [-0.3, -0.25) is 24.1 Å². The highest BCUT2D eigenvalue weighted by molar-refractivity contribution is 6.34. The van der Waals surface area contributed by atoms with E-state index < -0.39 is 34.1 Å². The third-order valence-corrected chi connectivity index (χ3v) is 7.06. The van der Waals surface area contributed by atoms with Gasteiger partial charge in [0.15, 0.2) is 0 Å². The normalized spacial score (nSPS) is 28.5. The van der Waals surface area contributed by atoms with Gasteiger partial charge < -0.3 is 15.2 Å². The van der Waals surface area contributed by atoms with E-state index in [2.05, 4.69) is 5.32 Å². The fraction of sp³-hybridized carbons (Fsp3) is 0.304. The number of hydrogen-bond donors (Lipinski definition) is 2. The predicted molar refractivity (Wildman–Crippen MR) is 108 cm³/mol. The van der Waals surface area contributed by atoms with E-state index in [4.69, 9.17) is 4.74 Å². The Morgan fingerprint density at radius 3 is 2.23 bits per heavy atom. The highest BCUT2D eigenvalue weighted by atomic mass is 16.5. The third-order valence-electron chi connectivity index (χ3n) is 7.06. The summed E-state index contributed by atoms with van der Waals surface area (Å²) in [7, 11) is 2.77. The number of rotatable bonds is 2. The van der Waals surface area contributed by atoms with Crippen molar-refractivity contribution >= 4 is 29.1 Å². The molecular weight excluding hydrogens is 400 g/mol. The van der Waals surface area contributed by atoms with Crippen LogP contribution in [0.25, 0.3) is 0 Å². The molecule has 0 bridgehead atoms. The molecule has 0 radical (unpaired) electrons. The molecule has 5 rings (SSSR count). The second-order valence-corrected chi connectivity index (χ2v) is 8.38. The first-order chi connectivity index (χ1) is 14.7. The molecule has 8 heteroatoms. The Morgan fingerprint density at radius 2 is 1.61 bits per heavy atom. The fourth-order valence-electron chi connectivity index (χ4n) is 5.55. The van der Waals surface area contributed by atoms with Crippen molar-refractivity contribution < 1.29 is 29.0 Å². The Kier molecular flexibility index (Phi) is 3.85. The minimum atomic E-state index is -2.68. The zero-order chi connectivity index (χ0) is 22.2. The molecule has 2 aromatic rings. The van der Waals surface area contributed by atoms with E-state index in [0.29, 0.717) is 11.3 Å². The molecule has 1 aliphatic carbocycles. The van der Waals surface area contributed by atoms with Crippen LogP contribution in [0.4, 0.5) is 5.69 Å². The van der Waals surface area contributed by atoms with Gasteiger partial charge >= 0.3 is 5.97 Å². The standard InChI is InChI=1S/C23H20N2O6/c1-25-12-21(20(29)31-2,11-22(25)15-9-5-6-10-16(15)24-19(22)28)23(30)17(26)13-7-3-4-8-14(13)18(23)27/h3-10,30H,11-12H2,1-2H3,(H,24,28). The minimum absolute atomic E-state index is 0.0538. The molecule has 158 valence electrons. The van der Waals surface area contributed by atoms with Crippen LogP contribution < -0.4 is 5.32 Å². The van der Waals surface area contributed by atoms with Crippen molar-refractivity contribution in [3.05, 3.63) is 65.2 Å². The Hall–Kier alpha value is -3.36. The molecule has 1 spiro atoms. The molecule has 0 saturated carbocycles. The zero-order valence-electron chi connectivity index (χ0n) is 17.0. The lowest BCUT2D eigenvalue weighted by atomic mass is 9.65. The van der Waals surface area contributed by atoms with Gasteiger partial charge in [0.1, 0.15) is 11.0 Å². The number of nitrogens with zero attached hydrogens (tertiary/aromatic N) is 1. The molecule has 2 aromatic carbocycles. The van der Waals surface area contributed by atoms with Gasteiger partial charge in [0.2, 0.25) is 23.1 Å². The lowest BCUT2D eigenvalue weighted by Crippen LogP contribution is -2.61. The average Bonchev–Trinajstić information content (AvgIpc) is 3.33. The Balaban J connectivity index is 1.73. The number of para-hydroxylation sites is 1. The number of carbonyl (C=O) groups excluding carboxylic acids is 4. The van der Waals surface area contributed by atoms with E-state index >= 15 is 0 Å². The van der Waals surface area contributed by atoms with Gasteiger partial charge in [-0.05, 0) is 13.1 Å². The summed E-state index contributed by atoms with van der Waals surface area (Å²) in [6.45, 7) is -0.219. The Morgan fingerprint density at radius 1 is 1.03 bits per heavy atom. The van der Waals surface area contributed by atoms with Gasteiger partial charge in [-0.15, -0.1) is 0 Å². The van der Waals surface area contributed by atoms with Crippen LogP contribution >= 0.6 is 0 Å². The summed E-state index contributed by atoms with van der Waals surface area (Å²) in [5.41, 5.74) is -4.68. The maximum absolute atomic E-state index is 13.4. The number of likely N-dealkylation sites (tertiary alicyclic amines) is 1. The number of fused-ring (bicyclic) bond motifs is 3. The molecule has 1 saturated heterocycles. The number of hydrogen-bond acceptors (Lipinski definition) is 7. The molecule has 1 amide bonds. The molecule has 31 heavy (non-hydrogen) atoms. The number of nitrogens with one attached hydrogen (secondary N) is 1. The number of ether oxygens (including phenoxy) is 1. The number of anilines is 1. The first kappa shape index (κ1) is 19.6. The summed E-state index contributed by atoms with van der Waals surface area (Å²) in [6, 6.07) is 13.1. The summed E-state index contributed by atoms with van der Waals surface area (Å²) in [5, 5.41) is 14.6. The maximum atomic E-state index is 13.4. The largest absolute Gasteiger partial charge is 0.468 e. The van der Waals surface area contributed by atoms with Crippen molar-refractivity contribution in [3.63, 3.8) is 0 Å². The lowest BCUT2D eigenvalue weighted by Gasteiger charge is -2.37. The molecule has 2 atom stereocenters. The summed E-state index contributed by atoms with van der Waals surface area (Å²) in [4.78, 5) is 54.8. The Labute approximate surface area is 177 Å². The molecule has 1 fully saturated rings. The Bertz CT molecular complexity index is 1160. The lowest BCUT2D eigenvalue weighted by molar-refractivity contribution is -0.162. The molecule has 8 nitrogen and oxygen atoms in total. The molecule has 3 aliphatic rings. The smallest absolute Gasteiger partial charge is 0.317 e. The molecule has 0 aromatic heterocycles. The summed E-state index contributed by atoms with van der Waals surface area (Å²) in [6.07, 6.45) is -0.284. The molecular formula is C23H20N2O6. The van der Waals surface area contributed by atoms with Gasteiger partial charge in [0.05, 0.1) is 7.11 Å². The monoisotopic (exact) mass is 420 g/mol. The van der Waals surface area contributed by atoms with E-state index in [9.17, 15) is 24.3 Å². The number of ketones is 2. The summed E-state index contributed by atoms with van der Waals surface area (Å²) < 4.78 is 5.02. The number of benzene rings is 2. The van der Waals surface area contributed by atoms with Crippen LogP contribution in [0.5, 0.6) is 0 Å². The van der Waals surface area contributed by atoms with Crippen LogP contribution in [0.15, 0.2) is 48.5 Å². The summed E-state index contributed by atoms with van der Waals surface area (Å²) in [5.74, 6) is -3.00. The van der Waals surface area contributed by atoms with Crippen molar-refractivity contribution in [1.82, 2.24) is 4.90 Å². The first-order valence-corrected chi connectivity index (χ1v) is 9.85. The highest BCUT2D eigenvalue weighted by Gasteiger charge is 2.75. The number of aliphatic hydroxyl groups is 1. The second kappa shape index (κ2) is 6.09. The SMILES string of the molecule is COC(=O)C1(C2(O)C(=O)c3ccccc3C2=O)CN(C)C2(C1)C(=O)Nc1ccccc12. The first-order valence-electron chi connectivity index (χ1n) is 9.85. The predicted octanol–water partition coefficient (Wildman–Crippen LogP) is 1.14. The van der Waals surface area contributed by atoms with E-state index in [1.165, 1.54) is 12.1 Å². The number of amides is 1. The average molecular weight is 420 g/mol. The van der Waals surface area contributed by atoms with Crippen molar-refractivity contribution in [3.8, 4) is 0 Å². The molecule has 2 N–H and O–H groups in total. The van der Waals surface area contributed by atoms with Gasteiger partial charge in [-0.2, -0.15) is 0 Å². The van der Waals surface area contributed by atoms with E-state index in [1.54, 1.807) is 48.3 Å². The maximum Gasteiger partial charge on any atom is 0.317 e. The zero-order valence-corrected chi connectivity index (χ0v) is 17.0. The fourth-order valence-corrected chi connectivity index (χ4v) is 5.55. The topological polar surface area (TPSA) is 113 Å². The van der Waals surface area contributed by atoms with Gasteiger partial charge in [-0.1, -0.05) is 42.5 Å².